The molecule has 0 aromatic heterocycles. The fourth-order valence-corrected chi connectivity index (χ4v) is 4.37. The molecule has 1 fully saturated rings. The van der Waals surface area contributed by atoms with E-state index in [0.29, 0.717) is 17.1 Å². The Morgan fingerprint density at radius 3 is 2.39 bits per heavy atom. The Kier molecular flexibility index (Phi) is 5.43. The molecular formula is C22H19Cl2NO3. The number of hydrogen-bond donors (Lipinski definition) is 0. The second-order valence-corrected chi connectivity index (χ2v) is 8.17. The zero-order valence-electron chi connectivity index (χ0n) is 15.7. The van der Waals surface area contributed by atoms with E-state index in [1.807, 2.05) is 32.0 Å². The molecule has 0 heterocycles. The van der Waals surface area contributed by atoms with E-state index in [0.717, 1.165) is 0 Å². The molecule has 28 heavy (non-hydrogen) atoms. The maximum absolute atomic E-state index is 13.0. The highest BCUT2D eigenvalue weighted by molar-refractivity contribution is 6.55. The summed E-state index contributed by atoms with van der Waals surface area (Å²) in [6.07, 6.45) is 1.63. The van der Waals surface area contributed by atoms with Gasteiger partial charge in [0, 0.05) is 5.92 Å². The minimum Gasteiger partial charge on any atom is -0.468 e. The van der Waals surface area contributed by atoms with Gasteiger partial charge in [0.15, 0.2) is 0 Å². The van der Waals surface area contributed by atoms with Crippen molar-refractivity contribution in [2.45, 2.75) is 19.3 Å². The second-order valence-electron chi connectivity index (χ2n) is 7.16. The first-order chi connectivity index (χ1) is 13.3. The number of methoxy groups -OCH3 is 1. The number of carbonyl (C=O) groups excluding carboxylic acids is 1. The summed E-state index contributed by atoms with van der Waals surface area (Å²) >= 11 is 11.8. The van der Waals surface area contributed by atoms with Gasteiger partial charge in [0.1, 0.15) is 27.5 Å². The first-order valence-electron chi connectivity index (χ1n) is 8.68. The molecule has 3 rings (SSSR count). The average molecular weight is 416 g/mol. The van der Waals surface area contributed by atoms with Crippen molar-refractivity contribution in [2.24, 2.45) is 11.3 Å². The summed E-state index contributed by atoms with van der Waals surface area (Å²) in [6, 6.07) is 16.6. The molecule has 0 unspecified atom stereocenters. The van der Waals surface area contributed by atoms with E-state index in [-0.39, 0.29) is 16.0 Å². The van der Waals surface area contributed by atoms with Gasteiger partial charge >= 0.3 is 5.97 Å². The molecule has 0 aliphatic heterocycles. The Balaban J connectivity index is 2.18. The lowest BCUT2D eigenvalue weighted by Crippen LogP contribution is -2.29. The minimum absolute atomic E-state index is 0.0686. The normalized spacial score (nSPS) is 21.9. The Morgan fingerprint density at radius 1 is 1.14 bits per heavy atom. The third-order valence-electron chi connectivity index (χ3n) is 5.51. The van der Waals surface area contributed by atoms with E-state index in [1.165, 1.54) is 7.11 Å². The lowest BCUT2D eigenvalue weighted by molar-refractivity contribution is -0.145. The maximum atomic E-state index is 13.0. The van der Waals surface area contributed by atoms with E-state index < -0.39 is 16.8 Å². The summed E-state index contributed by atoms with van der Waals surface area (Å²) in [5.41, 5.74) is -0.813. The first kappa shape index (κ1) is 20.3. The number of nitriles is 1. The standard InChI is InChI=1S/C22H19Cl2NO3/c1-21(2)18(12-19(23)24)22(21,20(26)27-3)16-10-7-11-17(15(16)13-25)28-14-8-5-4-6-9-14/h4-12,18H,1-3H3/t18-,22+/m1/s1. The molecule has 0 radical (unpaired) electrons. The number of hydrogen-bond acceptors (Lipinski definition) is 4. The highest BCUT2D eigenvalue weighted by atomic mass is 35.5. The van der Waals surface area contributed by atoms with Gasteiger partial charge in [-0.15, -0.1) is 0 Å². The van der Waals surface area contributed by atoms with Crippen molar-refractivity contribution in [2.75, 3.05) is 7.11 Å². The van der Waals surface area contributed by atoms with Crippen LogP contribution in [-0.4, -0.2) is 13.1 Å². The largest absolute Gasteiger partial charge is 0.468 e. The van der Waals surface area contributed by atoms with Gasteiger partial charge < -0.3 is 9.47 Å². The van der Waals surface area contributed by atoms with Crippen LogP contribution >= 0.6 is 23.2 Å². The van der Waals surface area contributed by atoms with Crippen LogP contribution in [0.4, 0.5) is 0 Å². The molecule has 2 aromatic rings. The summed E-state index contributed by atoms with van der Waals surface area (Å²) in [5.74, 6) is 0.202. The van der Waals surface area contributed by atoms with Crippen molar-refractivity contribution >= 4 is 29.2 Å². The molecule has 0 saturated heterocycles. The number of esters is 1. The van der Waals surface area contributed by atoms with Gasteiger partial charge in [-0.25, -0.2) is 0 Å². The lowest BCUT2D eigenvalue weighted by atomic mass is 9.84. The number of para-hydroxylation sites is 1. The molecule has 0 amide bonds. The molecule has 0 N–H and O–H groups in total. The summed E-state index contributed by atoms with van der Waals surface area (Å²) in [5, 5.41) is 9.91. The monoisotopic (exact) mass is 415 g/mol. The van der Waals surface area contributed by atoms with E-state index in [9.17, 15) is 10.1 Å². The Hall–Kier alpha value is -2.48. The zero-order valence-corrected chi connectivity index (χ0v) is 17.2. The summed E-state index contributed by atoms with van der Waals surface area (Å²) in [7, 11) is 1.33. The Bertz CT molecular complexity index is 975. The second kappa shape index (κ2) is 7.50. The molecule has 0 bridgehead atoms. The molecule has 6 heteroatoms. The van der Waals surface area contributed by atoms with Gasteiger partial charge in [0.25, 0.3) is 0 Å². The summed E-state index contributed by atoms with van der Waals surface area (Å²) in [4.78, 5) is 13.0. The van der Waals surface area contributed by atoms with Gasteiger partial charge in [-0.1, -0.05) is 67.4 Å². The zero-order chi connectivity index (χ0) is 20.5. The van der Waals surface area contributed by atoms with E-state index in [4.69, 9.17) is 32.7 Å². The van der Waals surface area contributed by atoms with Crippen molar-refractivity contribution in [1.29, 1.82) is 5.26 Å². The van der Waals surface area contributed by atoms with Crippen LogP contribution < -0.4 is 4.74 Å². The number of ether oxygens (including phenoxy) is 2. The molecule has 2 atom stereocenters. The summed E-state index contributed by atoms with van der Waals surface area (Å²) in [6.45, 7) is 3.85. The molecule has 144 valence electrons. The number of allylic oxidation sites excluding steroid dienone is 1. The molecular weight excluding hydrogens is 397 g/mol. The average Bonchev–Trinajstić information content (AvgIpc) is 3.16. The van der Waals surface area contributed by atoms with Crippen LogP contribution in [0.5, 0.6) is 11.5 Å². The minimum atomic E-state index is -1.09. The van der Waals surface area contributed by atoms with Crippen molar-refractivity contribution < 1.29 is 14.3 Å². The molecule has 0 spiro atoms. The van der Waals surface area contributed by atoms with Crippen molar-refractivity contribution in [3.8, 4) is 17.6 Å². The van der Waals surface area contributed by atoms with Crippen LogP contribution in [-0.2, 0) is 14.9 Å². The Morgan fingerprint density at radius 2 is 1.82 bits per heavy atom. The van der Waals surface area contributed by atoms with Crippen LogP contribution in [0.3, 0.4) is 0 Å². The van der Waals surface area contributed by atoms with Gasteiger partial charge in [0.05, 0.1) is 12.7 Å². The fourth-order valence-electron chi connectivity index (χ4n) is 4.11. The molecule has 1 saturated carbocycles. The number of carbonyl (C=O) groups is 1. The predicted octanol–water partition coefficient (Wildman–Crippen LogP) is 5.74. The quantitative estimate of drug-likeness (QED) is 0.584. The number of nitrogens with zero attached hydrogens (tertiary/aromatic N) is 1. The van der Waals surface area contributed by atoms with Crippen LogP contribution in [0.15, 0.2) is 59.1 Å². The molecule has 2 aromatic carbocycles. The van der Waals surface area contributed by atoms with Crippen molar-refractivity contribution in [1.82, 2.24) is 0 Å². The Labute approximate surface area is 174 Å². The van der Waals surface area contributed by atoms with E-state index in [2.05, 4.69) is 6.07 Å². The number of halogens is 2. The van der Waals surface area contributed by atoms with Gasteiger partial charge in [-0.3, -0.25) is 4.79 Å². The lowest BCUT2D eigenvalue weighted by Gasteiger charge is -2.21. The maximum Gasteiger partial charge on any atom is 0.317 e. The van der Waals surface area contributed by atoms with Crippen LogP contribution in [0.1, 0.15) is 25.0 Å². The van der Waals surface area contributed by atoms with Gasteiger partial charge in [-0.2, -0.15) is 5.26 Å². The summed E-state index contributed by atoms with van der Waals surface area (Å²) < 4.78 is 11.1. The van der Waals surface area contributed by atoms with Crippen LogP contribution in [0.25, 0.3) is 0 Å². The molecule has 1 aliphatic carbocycles. The van der Waals surface area contributed by atoms with Crippen molar-refractivity contribution in [3.05, 3.63) is 70.2 Å². The van der Waals surface area contributed by atoms with Crippen LogP contribution in [0, 0.1) is 22.7 Å². The topological polar surface area (TPSA) is 59.3 Å². The first-order valence-corrected chi connectivity index (χ1v) is 9.44. The smallest absolute Gasteiger partial charge is 0.317 e. The van der Waals surface area contributed by atoms with Crippen LogP contribution in [0.2, 0.25) is 0 Å². The molecule has 4 nitrogen and oxygen atoms in total. The molecule has 1 aliphatic rings. The number of rotatable bonds is 5. The van der Waals surface area contributed by atoms with Gasteiger partial charge in [0.2, 0.25) is 0 Å². The highest BCUT2D eigenvalue weighted by Crippen LogP contribution is 2.71. The van der Waals surface area contributed by atoms with Gasteiger partial charge in [-0.05, 0) is 35.3 Å². The highest BCUT2D eigenvalue weighted by Gasteiger charge is 2.76. The van der Waals surface area contributed by atoms with E-state index in [1.54, 1.807) is 36.4 Å². The fraction of sp³-hybridized carbons (Fsp3) is 0.273. The third-order valence-corrected chi connectivity index (χ3v) is 5.76. The van der Waals surface area contributed by atoms with E-state index >= 15 is 0 Å². The predicted molar refractivity (Wildman–Crippen MR) is 108 cm³/mol. The van der Waals surface area contributed by atoms with Crippen molar-refractivity contribution in [3.63, 3.8) is 0 Å². The third kappa shape index (κ3) is 3.05. The number of benzene rings is 2. The SMILES string of the molecule is COC(=O)[C@]1(c2cccc(Oc3ccccc3)c2C#N)[C@H](C=C(Cl)Cl)C1(C)C.